The Morgan fingerprint density at radius 3 is 3.09 bits per heavy atom. The third-order valence-electron chi connectivity index (χ3n) is 1.19. The lowest BCUT2D eigenvalue weighted by Gasteiger charge is -1.91. The van der Waals surface area contributed by atoms with Gasteiger partial charge in [0.15, 0.2) is 12.4 Å². The summed E-state index contributed by atoms with van der Waals surface area (Å²) in [5.41, 5.74) is 6.91. The van der Waals surface area contributed by atoms with Gasteiger partial charge in [-0.3, -0.25) is 0 Å². The largest absolute Gasteiger partial charge is 0.392 e. The first kappa shape index (κ1) is 7.65. The van der Waals surface area contributed by atoms with Crippen LogP contribution in [-0.2, 0) is 0 Å². The van der Waals surface area contributed by atoms with Gasteiger partial charge in [0.25, 0.3) is 0 Å². The first-order valence-corrected chi connectivity index (χ1v) is 3.47. The highest BCUT2D eigenvalue weighted by molar-refractivity contribution is 5.58. The quantitative estimate of drug-likeness (QED) is 0.634. The minimum atomic E-state index is 0.615. The number of azo groups is 1. The summed E-state index contributed by atoms with van der Waals surface area (Å²) >= 11 is 0. The Morgan fingerprint density at radius 1 is 1.64 bits per heavy atom. The molecule has 3 N–H and O–H groups in total. The van der Waals surface area contributed by atoms with Crippen molar-refractivity contribution >= 4 is 11.4 Å². The molecule has 0 amide bonds. The van der Waals surface area contributed by atoms with E-state index in [0.717, 1.165) is 0 Å². The number of anilines is 1. The molecule has 0 unspecified atom stereocenters. The van der Waals surface area contributed by atoms with Crippen LogP contribution < -0.4 is 10.7 Å². The Hall–Kier alpha value is -1.45. The van der Waals surface area contributed by atoms with Gasteiger partial charge < -0.3 is 5.73 Å². The zero-order valence-corrected chi connectivity index (χ0v) is 6.41. The lowest BCUT2D eigenvalue weighted by molar-refractivity contribution is -0.376. The Labute approximate surface area is 65.2 Å². The van der Waals surface area contributed by atoms with Crippen LogP contribution in [0.2, 0.25) is 0 Å². The number of nitrogens with two attached hydrogens (primary N) is 1. The topological polar surface area (TPSA) is 64.9 Å². The van der Waals surface area contributed by atoms with Gasteiger partial charge >= 0.3 is 0 Å². The van der Waals surface area contributed by atoms with Gasteiger partial charge in [-0.25, -0.2) is 4.98 Å². The number of nitrogens with one attached hydrogen (secondary N) is 1. The highest BCUT2D eigenvalue weighted by Crippen LogP contribution is 2.17. The summed E-state index contributed by atoms with van der Waals surface area (Å²) in [4.78, 5) is 2.85. The summed E-state index contributed by atoms with van der Waals surface area (Å²) in [7, 11) is 0. The molecule has 0 radical (unpaired) electrons. The van der Waals surface area contributed by atoms with Gasteiger partial charge in [-0.2, -0.15) is 10.2 Å². The molecular formula is C7H11N4+. The molecule has 0 aliphatic carbocycles. The Balaban J connectivity index is 2.86. The molecule has 0 fully saturated rings. The Bertz CT molecular complexity index is 256. The second-order valence-electron chi connectivity index (χ2n) is 2.04. The van der Waals surface area contributed by atoms with Crippen LogP contribution in [0.15, 0.2) is 28.7 Å². The molecule has 0 saturated carbocycles. The van der Waals surface area contributed by atoms with Crippen LogP contribution in [0.5, 0.6) is 0 Å². The van der Waals surface area contributed by atoms with E-state index in [9.17, 15) is 0 Å². The number of pyridine rings is 1. The van der Waals surface area contributed by atoms with E-state index in [1.54, 1.807) is 18.5 Å². The van der Waals surface area contributed by atoms with Crippen LogP contribution in [0.1, 0.15) is 6.92 Å². The predicted octanol–water partition coefficient (Wildman–Crippen LogP) is 1.19. The molecule has 11 heavy (non-hydrogen) atoms. The fourth-order valence-corrected chi connectivity index (χ4v) is 0.673. The Morgan fingerprint density at radius 2 is 2.45 bits per heavy atom. The zero-order valence-electron chi connectivity index (χ0n) is 6.41. The second kappa shape index (κ2) is 3.65. The van der Waals surface area contributed by atoms with Crippen LogP contribution in [0.4, 0.5) is 11.4 Å². The van der Waals surface area contributed by atoms with Crippen molar-refractivity contribution in [2.75, 3.05) is 12.3 Å². The number of H-pyrrole nitrogens is 1. The monoisotopic (exact) mass is 151 g/mol. The standard InChI is InChI=1S/C7H10N4/c1-2-10-11-7-3-4-9-5-6(7)8/h3-5H,2,8H2,1H3/p+1. The molecule has 0 spiro atoms. The highest BCUT2D eigenvalue weighted by atomic mass is 15.1. The normalized spacial score (nSPS) is 10.6. The molecule has 58 valence electrons. The molecular weight excluding hydrogens is 140 g/mol. The van der Waals surface area contributed by atoms with Gasteiger partial charge in [0.1, 0.15) is 11.4 Å². The number of nitrogens with zero attached hydrogens (tertiary/aromatic N) is 2. The van der Waals surface area contributed by atoms with Crippen LogP contribution in [-0.4, -0.2) is 6.54 Å². The number of hydrogen-bond donors (Lipinski definition) is 1. The smallest absolute Gasteiger partial charge is 0.192 e. The number of aromatic nitrogens is 1. The summed E-state index contributed by atoms with van der Waals surface area (Å²) < 4.78 is 0. The van der Waals surface area contributed by atoms with Gasteiger partial charge in [0.2, 0.25) is 0 Å². The highest BCUT2D eigenvalue weighted by Gasteiger charge is 1.97. The van der Waals surface area contributed by atoms with Gasteiger partial charge in [0.05, 0.1) is 6.54 Å². The third-order valence-corrected chi connectivity index (χ3v) is 1.19. The molecule has 4 heteroatoms. The molecule has 0 bridgehead atoms. The van der Waals surface area contributed by atoms with Crippen molar-refractivity contribution in [3.8, 4) is 0 Å². The summed E-state index contributed by atoms with van der Waals surface area (Å²) in [6, 6.07) is 1.79. The van der Waals surface area contributed by atoms with Gasteiger partial charge in [-0.1, -0.05) is 0 Å². The van der Waals surface area contributed by atoms with Crippen LogP contribution in [0.3, 0.4) is 0 Å². The van der Waals surface area contributed by atoms with Crippen molar-refractivity contribution in [2.24, 2.45) is 10.2 Å². The average Bonchev–Trinajstić information content (AvgIpc) is 2.03. The lowest BCUT2D eigenvalue weighted by Crippen LogP contribution is -2.00. The van der Waals surface area contributed by atoms with Crippen LogP contribution in [0, 0.1) is 0 Å². The van der Waals surface area contributed by atoms with E-state index >= 15 is 0 Å². The molecule has 0 aliphatic rings. The van der Waals surface area contributed by atoms with Gasteiger partial charge in [0, 0.05) is 6.07 Å². The number of rotatable bonds is 2. The Kier molecular flexibility index (Phi) is 2.54. The third kappa shape index (κ3) is 2.00. The van der Waals surface area contributed by atoms with Crippen LogP contribution in [0.25, 0.3) is 0 Å². The van der Waals surface area contributed by atoms with Crippen molar-refractivity contribution in [1.82, 2.24) is 0 Å². The maximum absolute atomic E-state index is 5.58. The van der Waals surface area contributed by atoms with Crippen molar-refractivity contribution in [2.45, 2.75) is 6.92 Å². The molecule has 0 atom stereocenters. The van der Waals surface area contributed by atoms with Crippen molar-refractivity contribution in [3.63, 3.8) is 0 Å². The molecule has 4 nitrogen and oxygen atoms in total. The van der Waals surface area contributed by atoms with E-state index in [4.69, 9.17) is 5.73 Å². The van der Waals surface area contributed by atoms with Crippen molar-refractivity contribution < 1.29 is 4.98 Å². The number of hydrogen-bond acceptors (Lipinski definition) is 3. The minimum Gasteiger partial charge on any atom is -0.392 e. The maximum Gasteiger partial charge on any atom is 0.192 e. The lowest BCUT2D eigenvalue weighted by atomic mass is 10.4. The van der Waals surface area contributed by atoms with E-state index < -0.39 is 0 Å². The fourth-order valence-electron chi connectivity index (χ4n) is 0.673. The molecule has 1 rings (SSSR count). The first-order chi connectivity index (χ1) is 5.34. The molecule has 1 aromatic rings. The first-order valence-electron chi connectivity index (χ1n) is 3.47. The average molecular weight is 151 g/mol. The minimum absolute atomic E-state index is 0.615. The van der Waals surface area contributed by atoms with Crippen molar-refractivity contribution in [3.05, 3.63) is 18.5 Å². The van der Waals surface area contributed by atoms with E-state index in [0.29, 0.717) is 17.9 Å². The van der Waals surface area contributed by atoms with Crippen LogP contribution >= 0.6 is 0 Å². The molecule has 1 heterocycles. The van der Waals surface area contributed by atoms with Gasteiger partial charge in [-0.05, 0) is 6.92 Å². The summed E-state index contributed by atoms with van der Waals surface area (Å²) in [5, 5.41) is 7.74. The fraction of sp³-hybridized carbons (Fsp3) is 0.286. The van der Waals surface area contributed by atoms with E-state index in [-0.39, 0.29) is 0 Å². The van der Waals surface area contributed by atoms with E-state index in [2.05, 4.69) is 15.2 Å². The maximum atomic E-state index is 5.58. The van der Waals surface area contributed by atoms with E-state index in [1.807, 2.05) is 6.92 Å². The molecule has 0 aliphatic heterocycles. The summed E-state index contributed by atoms with van der Waals surface area (Å²) in [5.74, 6) is 0. The van der Waals surface area contributed by atoms with Crippen molar-refractivity contribution in [1.29, 1.82) is 0 Å². The molecule has 1 aromatic heterocycles. The summed E-state index contributed by atoms with van der Waals surface area (Å²) in [6.45, 7) is 2.60. The van der Waals surface area contributed by atoms with E-state index in [1.165, 1.54) is 0 Å². The zero-order chi connectivity index (χ0) is 8.10. The predicted molar refractivity (Wildman–Crippen MR) is 42.5 cm³/mol. The second-order valence-corrected chi connectivity index (χ2v) is 2.04. The SMILES string of the molecule is CCN=Nc1cc[nH+]cc1N. The number of aromatic amines is 1. The molecule has 0 saturated heterocycles. The molecule has 0 aromatic carbocycles. The van der Waals surface area contributed by atoms with Gasteiger partial charge in [-0.15, -0.1) is 0 Å². The summed E-state index contributed by atoms with van der Waals surface area (Å²) in [6.07, 6.45) is 3.45. The number of nitrogen functional groups attached to an aromatic ring is 1.